The summed E-state index contributed by atoms with van der Waals surface area (Å²) >= 11 is 2.09. The van der Waals surface area contributed by atoms with Crippen LogP contribution in [0, 0.1) is 9.39 Å². The number of hydrogen-bond acceptors (Lipinski definition) is 2. The van der Waals surface area contributed by atoms with Crippen LogP contribution in [0.25, 0.3) is 0 Å². The molecule has 0 amide bonds. The average molecular weight is 370 g/mol. The average Bonchev–Trinajstić information content (AvgIpc) is 2.37. The van der Waals surface area contributed by atoms with Crippen LogP contribution in [0.4, 0.5) is 4.39 Å². The summed E-state index contributed by atoms with van der Waals surface area (Å²) in [5.74, 6) is 0.361. The molecule has 0 saturated heterocycles. The summed E-state index contributed by atoms with van der Waals surface area (Å²) < 4.78 is 19.8. The predicted octanol–water partition coefficient (Wildman–Crippen LogP) is 4.21. The first-order valence-corrected chi connectivity index (χ1v) is 6.82. The van der Waals surface area contributed by atoms with Gasteiger partial charge in [0.05, 0.1) is 0 Å². The van der Waals surface area contributed by atoms with Crippen LogP contribution in [0.15, 0.2) is 42.5 Å². The van der Waals surface area contributed by atoms with E-state index in [-0.39, 0.29) is 18.2 Å². The number of ether oxygens (including phenoxy) is 1. The first kappa shape index (κ1) is 14.0. The quantitative estimate of drug-likeness (QED) is 0.595. The summed E-state index contributed by atoms with van der Waals surface area (Å²) in [5.41, 5.74) is 1.17. The smallest absolute Gasteiger partial charge is 0.160 e. The minimum Gasteiger partial charge on any atom is -0.489 e. The number of hydrogen-bond donors (Lipinski definition) is 0. The highest BCUT2D eigenvalue weighted by Crippen LogP contribution is 2.21. The van der Waals surface area contributed by atoms with Gasteiger partial charge in [0.25, 0.3) is 0 Å². The Morgan fingerprint density at radius 2 is 2.00 bits per heavy atom. The molecule has 4 heteroatoms. The maximum absolute atomic E-state index is 13.4. The van der Waals surface area contributed by atoms with Crippen molar-refractivity contribution in [2.45, 2.75) is 13.5 Å². The molecule has 2 aromatic carbocycles. The van der Waals surface area contributed by atoms with Crippen LogP contribution in [0.3, 0.4) is 0 Å². The maximum Gasteiger partial charge on any atom is 0.160 e. The monoisotopic (exact) mass is 370 g/mol. The second-order valence-electron chi connectivity index (χ2n) is 4.08. The van der Waals surface area contributed by atoms with Crippen molar-refractivity contribution in [3.8, 4) is 5.75 Å². The molecule has 0 unspecified atom stereocenters. The van der Waals surface area contributed by atoms with Gasteiger partial charge in [-0.15, -0.1) is 0 Å². The zero-order valence-electron chi connectivity index (χ0n) is 10.3. The Bertz CT molecular complexity index is 611. The molecule has 0 aliphatic rings. The van der Waals surface area contributed by atoms with Crippen LogP contribution in [0.1, 0.15) is 22.8 Å². The minimum absolute atomic E-state index is 0.0186. The van der Waals surface area contributed by atoms with Crippen molar-refractivity contribution >= 4 is 28.4 Å². The summed E-state index contributed by atoms with van der Waals surface area (Å²) in [4.78, 5) is 11.3. The number of carbonyl (C=O) groups is 1. The molecule has 2 nitrogen and oxygen atoms in total. The highest BCUT2D eigenvalue weighted by atomic mass is 127. The van der Waals surface area contributed by atoms with Gasteiger partial charge in [0, 0.05) is 14.7 Å². The lowest BCUT2D eigenvalue weighted by Gasteiger charge is -2.08. The number of carbonyl (C=O) groups excluding carboxylic acids is 1. The van der Waals surface area contributed by atoms with Gasteiger partial charge in [-0.2, -0.15) is 0 Å². The lowest BCUT2D eigenvalue weighted by atomic mass is 10.1. The van der Waals surface area contributed by atoms with Crippen LogP contribution >= 0.6 is 22.6 Å². The molecule has 2 aromatic rings. The third-order valence-electron chi connectivity index (χ3n) is 2.67. The van der Waals surface area contributed by atoms with E-state index in [0.717, 1.165) is 3.57 Å². The largest absolute Gasteiger partial charge is 0.489 e. The Morgan fingerprint density at radius 1 is 1.26 bits per heavy atom. The van der Waals surface area contributed by atoms with E-state index in [1.54, 1.807) is 36.4 Å². The lowest BCUT2D eigenvalue weighted by molar-refractivity contribution is 0.101. The molecule has 0 aromatic heterocycles. The van der Waals surface area contributed by atoms with Gasteiger partial charge in [0.15, 0.2) is 5.78 Å². The van der Waals surface area contributed by atoms with Gasteiger partial charge >= 0.3 is 0 Å². The first-order valence-electron chi connectivity index (χ1n) is 5.74. The second-order valence-corrected chi connectivity index (χ2v) is 5.24. The van der Waals surface area contributed by atoms with E-state index in [0.29, 0.717) is 16.9 Å². The molecule has 0 aliphatic heterocycles. The second kappa shape index (κ2) is 6.14. The van der Waals surface area contributed by atoms with Crippen LogP contribution < -0.4 is 4.74 Å². The molecule has 19 heavy (non-hydrogen) atoms. The van der Waals surface area contributed by atoms with E-state index < -0.39 is 0 Å². The van der Waals surface area contributed by atoms with Gasteiger partial charge in [-0.05, 0) is 53.8 Å². The fraction of sp³-hybridized carbons (Fsp3) is 0.133. The molecular formula is C15H12FIO2. The van der Waals surface area contributed by atoms with Gasteiger partial charge in [-0.1, -0.05) is 18.2 Å². The normalized spacial score (nSPS) is 10.3. The zero-order valence-corrected chi connectivity index (χ0v) is 12.5. The van der Waals surface area contributed by atoms with E-state index >= 15 is 0 Å². The Morgan fingerprint density at radius 3 is 2.63 bits per heavy atom. The van der Waals surface area contributed by atoms with Gasteiger partial charge < -0.3 is 4.74 Å². The number of Topliss-reactive ketones (excluding diaryl/α,β-unsaturated/α-hetero) is 1. The lowest BCUT2D eigenvalue weighted by Crippen LogP contribution is -2.00. The Hall–Kier alpha value is -1.43. The number of rotatable bonds is 4. The van der Waals surface area contributed by atoms with E-state index in [1.807, 2.05) is 0 Å². The standard InChI is InChI=1S/C15H12FIO2/c1-10(18)13-7-6-12(8-15(13)17)19-9-11-4-2-3-5-14(11)16/h2-8H,9H2,1H3. The van der Waals surface area contributed by atoms with E-state index in [9.17, 15) is 9.18 Å². The maximum atomic E-state index is 13.4. The molecule has 0 heterocycles. The molecule has 2 rings (SSSR count). The van der Waals surface area contributed by atoms with Crippen molar-refractivity contribution in [1.82, 2.24) is 0 Å². The van der Waals surface area contributed by atoms with Crippen molar-refractivity contribution in [3.63, 3.8) is 0 Å². The molecule has 0 atom stereocenters. The van der Waals surface area contributed by atoms with Gasteiger partial charge in [0.1, 0.15) is 18.2 Å². The topological polar surface area (TPSA) is 26.3 Å². The summed E-state index contributed by atoms with van der Waals surface area (Å²) in [5, 5.41) is 0. The minimum atomic E-state index is -0.280. The van der Waals surface area contributed by atoms with Gasteiger partial charge in [-0.25, -0.2) is 4.39 Å². The third kappa shape index (κ3) is 3.53. The van der Waals surface area contributed by atoms with E-state index in [2.05, 4.69) is 22.6 Å². The molecule has 0 N–H and O–H groups in total. The van der Waals surface area contributed by atoms with Crippen LogP contribution in [-0.4, -0.2) is 5.78 Å². The van der Waals surface area contributed by atoms with Crippen molar-refractivity contribution < 1.29 is 13.9 Å². The summed E-state index contributed by atoms with van der Waals surface area (Å²) in [7, 11) is 0. The summed E-state index contributed by atoms with van der Waals surface area (Å²) in [6.07, 6.45) is 0. The van der Waals surface area contributed by atoms with Crippen molar-refractivity contribution in [3.05, 3.63) is 63.0 Å². The Balaban J connectivity index is 2.11. The SMILES string of the molecule is CC(=O)c1ccc(OCc2ccccc2F)cc1I. The molecule has 0 spiro atoms. The molecule has 98 valence electrons. The summed E-state index contributed by atoms with van der Waals surface area (Å²) in [6.45, 7) is 1.69. The van der Waals surface area contributed by atoms with Crippen LogP contribution in [0.2, 0.25) is 0 Å². The molecular weight excluding hydrogens is 358 g/mol. The first-order chi connectivity index (χ1) is 9.08. The van der Waals surface area contributed by atoms with Gasteiger partial charge in [-0.3, -0.25) is 4.79 Å². The third-order valence-corrected chi connectivity index (χ3v) is 3.56. The number of halogens is 2. The fourth-order valence-electron chi connectivity index (χ4n) is 1.65. The number of benzene rings is 2. The Labute approximate surface area is 124 Å². The van der Waals surface area contributed by atoms with Gasteiger partial charge in [0.2, 0.25) is 0 Å². The molecule has 0 aliphatic carbocycles. The molecule has 0 fully saturated rings. The predicted molar refractivity (Wildman–Crippen MR) is 79.9 cm³/mol. The van der Waals surface area contributed by atoms with E-state index in [4.69, 9.17) is 4.74 Å². The van der Waals surface area contributed by atoms with Crippen LogP contribution in [-0.2, 0) is 6.61 Å². The van der Waals surface area contributed by atoms with Crippen molar-refractivity contribution in [2.24, 2.45) is 0 Å². The molecule has 0 radical (unpaired) electrons. The van der Waals surface area contributed by atoms with E-state index in [1.165, 1.54) is 13.0 Å². The highest BCUT2D eigenvalue weighted by molar-refractivity contribution is 14.1. The molecule has 0 bridgehead atoms. The Kier molecular flexibility index (Phi) is 4.52. The fourth-order valence-corrected chi connectivity index (χ4v) is 2.51. The zero-order chi connectivity index (χ0) is 13.8. The van der Waals surface area contributed by atoms with Crippen LogP contribution in [0.5, 0.6) is 5.75 Å². The highest BCUT2D eigenvalue weighted by Gasteiger charge is 2.07. The number of ketones is 1. The van der Waals surface area contributed by atoms with Crippen molar-refractivity contribution in [1.29, 1.82) is 0 Å². The van der Waals surface area contributed by atoms with Crippen molar-refractivity contribution in [2.75, 3.05) is 0 Å². The summed E-state index contributed by atoms with van der Waals surface area (Å²) in [6, 6.07) is 11.7. The molecule has 0 saturated carbocycles.